The molecule has 0 unspecified atom stereocenters. The minimum Gasteiger partial charge on any atom is -0.377 e. The Kier molecular flexibility index (Phi) is 4.56. The van der Waals surface area contributed by atoms with Crippen LogP contribution in [0.4, 0.5) is 0 Å². The van der Waals surface area contributed by atoms with E-state index in [1.165, 1.54) is 0 Å². The first-order valence-corrected chi connectivity index (χ1v) is 5.93. The number of hydrogen-bond acceptors (Lipinski definition) is 3. The Balaban J connectivity index is 2.53. The van der Waals surface area contributed by atoms with E-state index in [9.17, 15) is 0 Å². The Labute approximate surface area is 94.4 Å². The van der Waals surface area contributed by atoms with Crippen LogP contribution < -0.4 is 0 Å². The Morgan fingerprint density at radius 3 is 2.27 bits per heavy atom. The lowest BCUT2D eigenvalue weighted by Gasteiger charge is -2.42. The van der Waals surface area contributed by atoms with Gasteiger partial charge in [-0.2, -0.15) is 0 Å². The fourth-order valence-corrected chi connectivity index (χ4v) is 2.09. The number of ether oxygens (including phenoxy) is 1. The van der Waals surface area contributed by atoms with Crippen molar-refractivity contribution in [2.75, 3.05) is 40.8 Å². The van der Waals surface area contributed by atoms with Crippen LogP contribution in [0.1, 0.15) is 26.7 Å². The highest BCUT2D eigenvalue weighted by molar-refractivity contribution is 4.89. The van der Waals surface area contributed by atoms with Gasteiger partial charge >= 0.3 is 0 Å². The molecular weight excluding hydrogens is 188 g/mol. The number of rotatable bonds is 4. The zero-order chi connectivity index (χ0) is 11.5. The number of hydrogen-bond donors (Lipinski definition) is 0. The van der Waals surface area contributed by atoms with E-state index in [4.69, 9.17) is 4.74 Å². The van der Waals surface area contributed by atoms with E-state index in [1.54, 1.807) is 0 Å². The molecule has 0 amide bonds. The van der Waals surface area contributed by atoms with Crippen LogP contribution >= 0.6 is 0 Å². The predicted molar refractivity (Wildman–Crippen MR) is 64.2 cm³/mol. The van der Waals surface area contributed by atoms with Gasteiger partial charge in [0.25, 0.3) is 0 Å². The quantitative estimate of drug-likeness (QED) is 0.704. The summed E-state index contributed by atoms with van der Waals surface area (Å²) in [4.78, 5) is 4.77. The third-order valence-corrected chi connectivity index (χ3v) is 3.75. The second kappa shape index (κ2) is 5.28. The van der Waals surface area contributed by atoms with Crippen LogP contribution in [-0.2, 0) is 4.74 Å². The minimum absolute atomic E-state index is 0.0888. The molecule has 0 saturated carbocycles. The van der Waals surface area contributed by atoms with Crippen molar-refractivity contribution in [2.24, 2.45) is 0 Å². The van der Waals surface area contributed by atoms with E-state index in [0.717, 1.165) is 32.5 Å². The molecule has 0 N–H and O–H groups in total. The number of methoxy groups -OCH3 is 1. The van der Waals surface area contributed by atoms with Crippen molar-refractivity contribution < 1.29 is 4.74 Å². The number of piperidine rings is 1. The fraction of sp³-hybridized carbons (Fsp3) is 1.00. The number of nitrogens with zero attached hydrogens (tertiary/aromatic N) is 2. The predicted octanol–water partition coefficient (Wildman–Crippen LogP) is 1.44. The first-order valence-electron chi connectivity index (χ1n) is 5.93. The molecule has 1 fully saturated rings. The summed E-state index contributed by atoms with van der Waals surface area (Å²) in [6, 6.07) is 0.594. The van der Waals surface area contributed by atoms with E-state index >= 15 is 0 Å². The molecule has 0 aliphatic carbocycles. The van der Waals surface area contributed by atoms with Crippen molar-refractivity contribution in [3.8, 4) is 0 Å². The zero-order valence-electron chi connectivity index (χ0n) is 10.9. The molecule has 1 aliphatic heterocycles. The van der Waals surface area contributed by atoms with E-state index in [2.05, 4.69) is 37.7 Å². The Morgan fingerprint density at radius 2 is 1.87 bits per heavy atom. The standard InChI is InChI=1S/C12H26N2O/c1-11(2)14(4)10-12(15-5)6-8-13(3)9-7-12/h11H,6-10H2,1-5H3. The highest BCUT2D eigenvalue weighted by atomic mass is 16.5. The highest BCUT2D eigenvalue weighted by Crippen LogP contribution is 2.26. The largest absolute Gasteiger partial charge is 0.377 e. The lowest BCUT2D eigenvalue weighted by Crippen LogP contribution is -2.51. The van der Waals surface area contributed by atoms with Gasteiger partial charge in [-0.3, -0.25) is 0 Å². The maximum absolute atomic E-state index is 5.78. The molecule has 3 heteroatoms. The smallest absolute Gasteiger partial charge is 0.0829 e. The van der Waals surface area contributed by atoms with Crippen molar-refractivity contribution >= 4 is 0 Å². The van der Waals surface area contributed by atoms with Gasteiger partial charge in [0.15, 0.2) is 0 Å². The molecule has 0 aromatic rings. The van der Waals surface area contributed by atoms with Crippen molar-refractivity contribution in [3.05, 3.63) is 0 Å². The molecule has 90 valence electrons. The SMILES string of the molecule is COC1(CN(C)C(C)C)CCN(C)CC1. The first kappa shape index (κ1) is 12.9. The number of likely N-dealkylation sites (N-methyl/N-ethyl adjacent to an activating group) is 1. The molecule has 1 rings (SSSR count). The number of likely N-dealkylation sites (tertiary alicyclic amines) is 1. The summed E-state index contributed by atoms with van der Waals surface area (Å²) in [6.07, 6.45) is 2.30. The molecule has 1 saturated heterocycles. The minimum atomic E-state index is 0.0888. The molecule has 1 heterocycles. The van der Waals surface area contributed by atoms with E-state index < -0.39 is 0 Å². The molecule has 0 bridgehead atoms. The van der Waals surface area contributed by atoms with Crippen LogP contribution in [0, 0.1) is 0 Å². The summed E-state index contributed by atoms with van der Waals surface area (Å²) in [7, 11) is 6.23. The van der Waals surface area contributed by atoms with Gasteiger partial charge in [-0.25, -0.2) is 0 Å². The van der Waals surface area contributed by atoms with Gasteiger partial charge in [-0.15, -0.1) is 0 Å². The average Bonchev–Trinajstić information content (AvgIpc) is 2.21. The summed E-state index contributed by atoms with van der Waals surface area (Å²) < 4.78 is 5.78. The van der Waals surface area contributed by atoms with Gasteiger partial charge in [0.05, 0.1) is 5.60 Å². The summed E-state index contributed by atoms with van der Waals surface area (Å²) in [5, 5.41) is 0. The third-order valence-electron chi connectivity index (χ3n) is 3.75. The van der Waals surface area contributed by atoms with Crippen LogP contribution in [0.5, 0.6) is 0 Å². The van der Waals surface area contributed by atoms with Crippen LogP contribution in [-0.4, -0.2) is 62.3 Å². The normalized spacial score (nSPS) is 22.6. The topological polar surface area (TPSA) is 15.7 Å². The Bertz CT molecular complexity index is 186. The van der Waals surface area contributed by atoms with E-state index in [-0.39, 0.29) is 5.60 Å². The maximum Gasteiger partial charge on any atom is 0.0829 e. The van der Waals surface area contributed by atoms with Gasteiger partial charge in [-0.05, 0) is 40.8 Å². The van der Waals surface area contributed by atoms with Gasteiger partial charge in [0.2, 0.25) is 0 Å². The van der Waals surface area contributed by atoms with Crippen molar-refractivity contribution in [2.45, 2.75) is 38.3 Å². The highest BCUT2D eigenvalue weighted by Gasteiger charge is 2.34. The van der Waals surface area contributed by atoms with Gasteiger partial charge < -0.3 is 14.5 Å². The summed E-state index contributed by atoms with van der Waals surface area (Å²) in [5.41, 5.74) is 0.0888. The lowest BCUT2D eigenvalue weighted by atomic mass is 9.90. The Morgan fingerprint density at radius 1 is 1.33 bits per heavy atom. The van der Waals surface area contributed by atoms with Gasteiger partial charge in [-0.1, -0.05) is 0 Å². The Hall–Kier alpha value is -0.120. The summed E-state index contributed by atoms with van der Waals surface area (Å²) in [5.74, 6) is 0. The van der Waals surface area contributed by atoms with E-state index in [1.807, 2.05) is 7.11 Å². The lowest BCUT2D eigenvalue weighted by molar-refractivity contribution is -0.0734. The summed E-state index contributed by atoms with van der Waals surface area (Å²) in [6.45, 7) is 7.82. The molecule has 0 radical (unpaired) electrons. The molecule has 3 nitrogen and oxygen atoms in total. The second-order valence-electron chi connectivity index (χ2n) is 5.20. The molecule has 0 spiro atoms. The van der Waals surface area contributed by atoms with E-state index in [0.29, 0.717) is 6.04 Å². The third kappa shape index (κ3) is 3.44. The van der Waals surface area contributed by atoms with Crippen LogP contribution in [0.15, 0.2) is 0 Å². The summed E-state index contributed by atoms with van der Waals surface area (Å²) >= 11 is 0. The second-order valence-corrected chi connectivity index (χ2v) is 5.20. The molecule has 1 aliphatic rings. The van der Waals surface area contributed by atoms with Crippen LogP contribution in [0.2, 0.25) is 0 Å². The zero-order valence-corrected chi connectivity index (χ0v) is 10.9. The average molecular weight is 214 g/mol. The monoisotopic (exact) mass is 214 g/mol. The van der Waals surface area contributed by atoms with Gasteiger partial charge in [0.1, 0.15) is 0 Å². The van der Waals surface area contributed by atoms with Crippen molar-refractivity contribution in [3.63, 3.8) is 0 Å². The van der Waals surface area contributed by atoms with Crippen LogP contribution in [0.3, 0.4) is 0 Å². The molecular formula is C12H26N2O. The fourth-order valence-electron chi connectivity index (χ4n) is 2.09. The van der Waals surface area contributed by atoms with Gasteiger partial charge in [0, 0.05) is 32.8 Å². The first-order chi connectivity index (χ1) is 6.99. The molecule has 0 atom stereocenters. The van der Waals surface area contributed by atoms with Crippen molar-refractivity contribution in [1.29, 1.82) is 0 Å². The molecule has 0 aromatic heterocycles. The molecule has 15 heavy (non-hydrogen) atoms. The van der Waals surface area contributed by atoms with Crippen LogP contribution in [0.25, 0.3) is 0 Å². The van der Waals surface area contributed by atoms with Crippen molar-refractivity contribution in [1.82, 2.24) is 9.80 Å². The molecule has 0 aromatic carbocycles. The maximum atomic E-state index is 5.78.